The summed E-state index contributed by atoms with van der Waals surface area (Å²) in [7, 11) is 0. The van der Waals surface area contributed by atoms with Crippen LogP contribution in [0.25, 0.3) is 33.4 Å². The Bertz CT molecular complexity index is 3400. The molecule has 1 fully saturated rings. The minimum atomic E-state index is -1.60. The summed E-state index contributed by atoms with van der Waals surface area (Å²) in [5.74, 6) is -5.90. The first-order valence-corrected chi connectivity index (χ1v) is 29.4. The maximum absolute atomic E-state index is 13.6. The number of benzene rings is 6. The van der Waals surface area contributed by atoms with Gasteiger partial charge in [0.25, 0.3) is 5.79 Å². The molecule has 0 aliphatic carbocycles. The molecule has 90 heavy (non-hydrogen) atoms. The highest BCUT2D eigenvalue weighted by atomic mass is 19.1. The first-order chi connectivity index (χ1) is 41.9. The van der Waals surface area contributed by atoms with Crippen molar-refractivity contribution in [1.82, 2.24) is 10.6 Å². The first kappa shape index (κ1) is 72.2. The standard InChI is InChI=1S/C27H32FNO6.C24H30FNO5.C19H22FNO3/c1-25(2,3)35-24(32)29-21(16-27(6)22(30)33-26(4,5)34-23(27)31)14-17-10-12-18(13-11-17)19-8-7-9-20(28)15-19;1-23(2,3)31-22(30)26-20(14-24(4,15-27)21(28)29)12-16-8-10-17(11-9-16)18-6-5-7-19(25)13-18;1-19(12-22,18(23)24)11-17(21)9-13-5-7-14(8-6-13)15-3-2-4-16(20)10-15/h7-13,15,21H,14,16H2,1-6H3,(H,29,32);5-11,13,20,27H,12,14-15H2,1-4H3,(H,26,30)(H,28,29);2-8,10,17,22H,9,11-12,21H2,1H3,(H,23,24)/t21-;20-,24+;17-,19+/m111/s1. The van der Waals surface area contributed by atoms with Gasteiger partial charge in [-0.1, -0.05) is 109 Å². The summed E-state index contributed by atoms with van der Waals surface area (Å²) in [4.78, 5) is 73.3. The second-order valence-electron chi connectivity index (χ2n) is 25.9. The van der Waals surface area contributed by atoms with E-state index < -0.39 is 94.6 Å². The molecule has 6 aromatic rings. The van der Waals surface area contributed by atoms with Crippen molar-refractivity contribution in [2.24, 2.45) is 22.0 Å². The number of aliphatic carboxylic acids is 2. The van der Waals surface area contributed by atoms with Crippen molar-refractivity contribution in [2.45, 2.75) is 150 Å². The molecule has 1 saturated heterocycles. The lowest BCUT2D eigenvalue weighted by atomic mass is 9.81. The number of halogens is 3. The lowest BCUT2D eigenvalue weighted by molar-refractivity contribution is -0.250. The van der Waals surface area contributed by atoms with Gasteiger partial charge in [0.05, 0.1) is 24.0 Å². The number of aliphatic hydroxyl groups is 2. The number of aliphatic hydroxyl groups excluding tert-OH is 2. The summed E-state index contributed by atoms with van der Waals surface area (Å²) in [6, 6.07) is 39.7. The number of carboxylic acid groups (broad SMARTS) is 2. The molecule has 1 heterocycles. The van der Waals surface area contributed by atoms with Crippen LogP contribution in [0, 0.1) is 33.7 Å². The van der Waals surface area contributed by atoms with E-state index in [0.717, 1.165) is 50.1 Å². The van der Waals surface area contributed by atoms with Gasteiger partial charge < -0.3 is 55.7 Å². The molecule has 20 heteroatoms. The highest BCUT2D eigenvalue weighted by Crippen LogP contribution is 2.37. The third-order valence-corrected chi connectivity index (χ3v) is 14.6. The Labute approximate surface area is 524 Å². The number of amides is 2. The number of nitrogens with two attached hydrogens (primary N) is 1. The Balaban J connectivity index is 0.000000250. The minimum absolute atomic E-state index is 0.0176. The maximum Gasteiger partial charge on any atom is 0.407 e. The number of esters is 2. The maximum atomic E-state index is 13.6. The van der Waals surface area contributed by atoms with E-state index in [1.807, 2.05) is 91.0 Å². The first-order valence-electron chi connectivity index (χ1n) is 29.4. The summed E-state index contributed by atoms with van der Waals surface area (Å²) in [6.45, 7) is 16.8. The molecule has 0 aromatic heterocycles. The van der Waals surface area contributed by atoms with Gasteiger partial charge in [-0.3, -0.25) is 19.2 Å². The van der Waals surface area contributed by atoms with Crippen LogP contribution in [0.1, 0.15) is 112 Å². The summed E-state index contributed by atoms with van der Waals surface area (Å²) < 4.78 is 61.7. The Morgan fingerprint density at radius 2 is 0.822 bits per heavy atom. The Kier molecular flexibility index (Phi) is 24.7. The molecule has 2 amide bonds. The molecule has 7 rings (SSSR count). The number of carbonyl (C=O) groups excluding carboxylic acids is 4. The molecule has 17 nitrogen and oxygen atoms in total. The minimum Gasteiger partial charge on any atom is -0.481 e. The van der Waals surface area contributed by atoms with Gasteiger partial charge in [0.15, 0.2) is 5.41 Å². The molecule has 0 spiro atoms. The smallest absolute Gasteiger partial charge is 0.407 e. The molecule has 0 saturated carbocycles. The Hall–Kier alpha value is -8.59. The van der Waals surface area contributed by atoms with Gasteiger partial charge >= 0.3 is 36.1 Å². The van der Waals surface area contributed by atoms with Crippen LogP contribution < -0.4 is 16.4 Å². The number of rotatable bonds is 21. The lowest BCUT2D eigenvalue weighted by Gasteiger charge is -2.39. The third kappa shape index (κ3) is 22.2. The molecule has 6 aromatic carbocycles. The zero-order valence-corrected chi connectivity index (χ0v) is 52.8. The van der Waals surface area contributed by atoms with Crippen LogP contribution in [0.15, 0.2) is 146 Å². The van der Waals surface area contributed by atoms with E-state index in [2.05, 4.69) is 10.6 Å². The van der Waals surface area contributed by atoms with Gasteiger partial charge in [-0.2, -0.15) is 0 Å². The molecule has 5 atom stereocenters. The number of carboxylic acids is 2. The second kappa shape index (κ2) is 30.8. The molecule has 0 unspecified atom stereocenters. The number of hydrogen-bond donors (Lipinski definition) is 7. The molecule has 484 valence electrons. The van der Waals surface area contributed by atoms with Crippen molar-refractivity contribution in [3.05, 3.63) is 180 Å². The van der Waals surface area contributed by atoms with Crippen LogP contribution in [0.5, 0.6) is 0 Å². The van der Waals surface area contributed by atoms with Crippen LogP contribution in [0.3, 0.4) is 0 Å². The van der Waals surface area contributed by atoms with Gasteiger partial charge in [0.1, 0.15) is 28.7 Å². The van der Waals surface area contributed by atoms with E-state index in [1.54, 1.807) is 59.7 Å². The number of ether oxygens (including phenoxy) is 4. The van der Waals surface area contributed by atoms with Gasteiger partial charge in [-0.15, -0.1) is 0 Å². The SMILES string of the molecule is CC(C)(C)OC(=O)N[C@H](Cc1ccc(-c2cccc(F)c2)cc1)CC1(C)C(=O)OC(C)(C)OC1=O.CC(C)(C)OC(=O)N[C@H](Cc1ccc(-c2cccc(F)c2)cc1)C[C@@](C)(CO)C(=O)O.C[C@@](CO)(C[C@H](N)Cc1ccc(-c2cccc(F)c2)cc1)C(=O)O. The summed E-state index contributed by atoms with van der Waals surface area (Å²) in [5, 5.41) is 43.1. The van der Waals surface area contributed by atoms with Crippen molar-refractivity contribution in [2.75, 3.05) is 13.2 Å². The van der Waals surface area contributed by atoms with E-state index in [9.17, 15) is 62.4 Å². The quantitative estimate of drug-likeness (QED) is 0.0201. The predicted molar refractivity (Wildman–Crippen MR) is 335 cm³/mol. The average Bonchev–Trinajstić information content (AvgIpc) is 0.806. The van der Waals surface area contributed by atoms with E-state index in [-0.39, 0.29) is 42.8 Å². The van der Waals surface area contributed by atoms with Crippen LogP contribution in [-0.4, -0.2) is 105 Å². The molecule has 1 aliphatic heterocycles. The lowest BCUT2D eigenvalue weighted by Crippen LogP contribution is -2.55. The second-order valence-corrected chi connectivity index (χ2v) is 25.9. The number of nitrogens with one attached hydrogen (secondary N) is 2. The van der Waals surface area contributed by atoms with E-state index in [4.69, 9.17) is 24.7 Å². The topological polar surface area (TPSA) is 270 Å². The van der Waals surface area contributed by atoms with Crippen LogP contribution in [0.4, 0.5) is 22.8 Å². The average molecular weight is 1250 g/mol. The molecule has 8 N–H and O–H groups in total. The summed E-state index contributed by atoms with van der Waals surface area (Å²) in [6.07, 6.45) is -0.0141. The van der Waals surface area contributed by atoms with Gasteiger partial charge in [0.2, 0.25) is 0 Å². The highest BCUT2D eigenvalue weighted by Gasteiger charge is 2.54. The van der Waals surface area contributed by atoms with E-state index in [1.165, 1.54) is 71.0 Å². The van der Waals surface area contributed by atoms with Gasteiger partial charge in [-0.25, -0.2) is 22.8 Å². The fraction of sp³-hybridized carbons (Fsp3) is 0.400. The van der Waals surface area contributed by atoms with Crippen molar-refractivity contribution in [3.63, 3.8) is 0 Å². The van der Waals surface area contributed by atoms with Crippen LogP contribution in [0.2, 0.25) is 0 Å². The van der Waals surface area contributed by atoms with Gasteiger partial charge in [-0.05, 0) is 187 Å². The third-order valence-electron chi connectivity index (χ3n) is 14.6. The van der Waals surface area contributed by atoms with Crippen molar-refractivity contribution in [1.29, 1.82) is 0 Å². The monoisotopic (exact) mass is 1250 g/mol. The number of alkyl carbamates (subject to hydrolysis) is 2. The van der Waals surface area contributed by atoms with Crippen molar-refractivity contribution >= 4 is 36.1 Å². The Morgan fingerprint density at radius 3 is 1.14 bits per heavy atom. The highest BCUT2D eigenvalue weighted by molar-refractivity contribution is 6.01. The molecule has 0 radical (unpaired) electrons. The van der Waals surface area contributed by atoms with Crippen molar-refractivity contribution < 1.29 is 81.3 Å². The number of cyclic esters (lactones) is 2. The number of carbonyl (C=O) groups is 6. The largest absolute Gasteiger partial charge is 0.481 e. The fourth-order valence-corrected chi connectivity index (χ4v) is 9.74. The van der Waals surface area contributed by atoms with Gasteiger partial charge in [0, 0.05) is 32.0 Å². The fourth-order valence-electron chi connectivity index (χ4n) is 9.74. The Morgan fingerprint density at radius 1 is 0.500 bits per heavy atom. The van der Waals surface area contributed by atoms with E-state index in [0.29, 0.717) is 19.3 Å². The molecular formula is C70H84F3N3O14. The number of hydrogen-bond acceptors (Lipinski definition) is 13. The predicted octanol–water partition coefficient (Wildman–Crippen LogP) is 12.4. The zero-order valence-electron chi connectivity index (χ0n) is 52.8. The summed E-state index contributed by atoms with van der Waals surface area (Å²) in [5.41, 5.74) is 7.88. The van der Waals surface area contributed by atoms with Crippen LogP contribution in [-0.2, 0) is 57.4 Å². The van der Waals surface area contributed by atoms with Crippen molar-refractivity contribution in [3.8, 4) is 33.4 Å². The molecule has 1 aliphatic rings. The molecular weight excluding hydrogens is 1160 g/mol. The normalized spacial score (nSPS) is 15.8. The van der Waals surface area contributed by atoms with Crippen LogP contribution >= 0.6 is 0 Å². The zero-order chi connectivity index (χ0) is 67.0. The molecule has 0 bridgehead atoms. The van der Waals surface area contributed by atoms with E-state index >= 15 is 0 Å². The summed E-state index contributed by atoms with van der Waals surface area (Å²) >= 11 is 0.